The van der Waals surface area contributed by atoms with Crippen LogP contribution in [0.25, 0.3) is 0 Å². The molecule has 1 fully saturated rings. The van der Waals surface area contributed by atoms with Gasteiger partial charge in [0, 0.05) is 0 Å². The molecule has 0 unspecified atom stereocenters. The molecule has 0 aliphatic heterocycles. The SMILES string of the molecule is CCCCCCCCCCOC(=O)c1cccc(C(=O)OCC2CCCC2)c1. The van der Waals surface area contributed by atoms with Gasteiger partial charge in [0.15, 0.2) is 0 Å². The summed E-state index contributed by atoms with van der Waals surface area (Å²) >= 11 is 0. The summed E-state index contributed by atoms with van der Waals surface area (Å²) in [5.41, 5.74) is 0.828. The lowest BCUT2D eigenvalue weighted by atomic mass is 10.1. The third-order valence-corrected chi connectivity index (χ3v) is 5.49. The van der Waals surface area contributed by atoms with E-state index in [0.29, 0.717) is 30.3 Å². The van der Waals surface area contributed by atoms with Gasteiger partial charge in [0.2, 0.25) is 0 Å². The third-order valence-electron chi connectivity index (χ3n) is 5.49. The first kappa shape index (κ1) is 22.4. The smallest absolute Gasteiger partial charge is 0.338 e. The lowest BCUT2D eigenvalue weighted by molar-refractivity contribution is 0.0442. The lowest BCUT2D eigenvalue weighted by Gasteiger charge is -2.10. The van der Waals surface area contributed by atoms with Crippen molar-refractivity contribution >= 4 is 11.9 Å². The Balaban J connectivity index is 1.64. The Kier molecular flexibility index (Phi) is 10.7. The fourth-order valence-corrected chi connectivity index (χ4v) is 3.71. The van der Waals surface area contributed by atoms with E-state index in [-0.39, 0.29) is 11.9 Å². The number of hydrogen-bond donors (Lipinski definition) is 0. The molecule has 0 N–H and O–H groups in total. The third kappa shape index (κ3) is 8.45. The second-order valence-electron chi connectivity index (χ2n) is 7.94. The number of carbonyl (C=O) groups is 2. The van der Waals surface area contributed by atoms with Gasteiger partial charge in [0.05, 0.1) is 24.3 Å². The summed E-state index contributed by atoms with van der Waals surface area (Å²) in [5, 5.41) is 0. The maximum atomic E-state index is 12.2. The Labute approximate surface area is 170 Å². The second-order valence-corrected chi connectivity index (χ2v) is 7.94. The zero-order chi connectivity index (χ0) is 20.0. The van der Waals surface area contributed by atoms with Crippen molar-refractivity contribution in [3.63, 3.8) is 0 Å². The number of esters is 2. The van der Waals surface area contributed by atoms with E-state index < -0.39 is 0 Å². The fourth-order valence-electron chi connectivity index (χ4n) is 3.71. The van der Waals surface area contributed by atoms with E-state index in [1.165, 1.54) is 51.4 Å². The van der Waals surface area contributed by atoms with Gasteiger partial charge in [-0.15, -0.1) is 0 Å². The summed E-state index contributed by atoms with van der Waals surface area (Å²) in [4.78, 5) is 24.4. The highest BCUT2D eigenvalue weighted by Gasteiger charge is 2.18. The molecular weight excluding hydrogens is 352 g/mol. The molecular formula is C24H36O4. The number of benzene rings is 1. The maximum Gasteiger partial charge on any atom is 0.338 e. The summed E-state index contributed by atoms with van der Waals surface area (Å²) in [5.74, 6) is -0.234. The van der Waals surface area contributed by atoms with Crippen molar-refractivity contribution in [3.8, 4) is 0 Å². The van der Waals surface area contributed by atoms with Crippen LogP contribution in [-0.4, -0.2) is 25.2 Å². The molecule has 2 rings (SSSR count). The average molecular weight is 389 g/mol. The molecule has 0 amide bonds. The Hall–Kier alpha value is -1.84. The topological polar surface area (TPSA) is 52.6 Å². The summed E-state index contributed by atoms with van der Waals surface area (Å²) in [6, 6.07) is 6.65. The monoisotopic (exact) mass is 388 g/mol. The molecule has 1 aliphatic rings. The van der Waals surface area contributed by atoms with Crippen LogP contribution >= 0.6 is 0 Å². The molecule has 0 aromatic heterocycles. The Bertz CT molecular complexity index is 590. The van der Waals surface area contributed by atoms with Crippen molar-refractivity contribution in [3.05, 3.63) is 35.4 Å². The minimum Gasteiger partial charge on any atom is -0.462 e. The van der Waals surface area contributed by atoms with Crippen LogP contribution in [0.4, 0.5) is 0 Å². The van der Waals surface area contributed by atoms with Crippen LogP contribution in [-0.2, 0) is 9.47 Å². The van der Waals surface area contributed by atoms with E-state index in [4.69, 9.17) is 9.47 Å². The number of rotatable bonds is 13. The summed E-state index contributed by atoms with van der Waals surface area (Å²) in [6.07, 6.45) is 14.4. The molecule has 1 saturated carbocycles. The van der Waals surface area contributed by atoms with Crippen molar-refractivity contribution in [1.82, 2.24) is 0 Å². The quantitative estimate of drug-likeness (QED) is 0.293. The van der Waals surface area contributed by atoms with E-state index in [1.54, 1.807) is 24.3 Å². The van der Waals surface area contributed by atoms with Crippen LogP contribution in [0.1, 0.15) is 105 Å². The van der Waals surface area contributed by atoms with Gasteiger partial charge in [0.1, 0.15) is 0 Å². The molecule has 28 heavy (non-hydrogen) atoms. The zero-order valence-electron chi connectivity index (χ0n) is 17.4. The molecule has 0 atom stereocenters. The lowest BCUT2D eigenvalue weighted by Crippen LogP contribution is -2.13. The molecule has 4 heteroatoms. The predicted octanol–water partition coefficient (Wildman–Crippen LogP) is 6.33. The van der Waals surface area contributed by atoms with Crippen molar-refractivity contribution in [2.75, 3.05) is 13.2 Å². The molecule has 0 bridgehead atoms. The van der Waals surface area contributed by atoms with E-state index >= 15 is 0 Å². The van der Waals surface area contributed by atoms with Crippen LogP contribution in [0.2, 0.25) is 0 Å². The van der Waals surface area contributed by atoms with Crippen LogP contribution in [0.15, 0.2) is 24.3 Å². The molecule has 0 radical (unpaired) electrons. The summed E-state index contributed by atoms with van der Waals surface area (Å²) in [6.45, 7) is 3.14. The maximum absolute atomic E-state index is 12.2. The zero-order valence-corrected chi connectivity index (χ0v) is 17.4. The Morgan fingerprint density at radius 1 is 0.857 bits per heavy atom. The van der Waals surface area contributed by atoms with E-state index in [2.05, 4.69) is 6.92 Å². The second kappa shape index (κ2) is 13.4. The van der Waals surface area contributed by atoms with E-state index in [1.807, 2.05) is 0 Å². The van der Waals surface area contributed by atoms with Crippen molar-refractivity contribution < 1.29 is 19.1 Å². The molecule has 1 aliphatic carbocycles. The van der Waals surface area contributed by atoms with Crippen LogP contribution in [0.5, 0.6) is 0 Å². The first-order valence-electron chi connectivity index (χ1n) is 11.1. The van der Waals surface area contributed by atoms with Gasteiger partial charge in [-0.2, -0.15) is 0 Å². The number of hydrogen-bond acceptors (Lipinski definition) is 4. The molecule has 156 valence electrons. The van der Waals surface area contributed by atoms with Crippen molar-refractivity contribution in [1.29, 1.82) is 0 Å². The first-order valence-corrected chi connectivity index (χ1v) is 11.1. The summed E-state index contributed by atoms with van der Waals surface area (Å²) < 4.78 is 10.8. The predicted molar refractivity (Wildman–Crippen MR) is 112 cm³/mol. The summed E-state index contributed by atoms with van der Waals surface area (Å²) in [7, 11) is 0. The van der Waals surface area contributed by atoms with Gasteiger partial charge >= 0.3 is 11.9 Å². The molecule has 0 saturated heterocycles. The van der Waals surface area contributed by atoms with Crippen LogP contribution in [0.3, 0.4) is 0 Å². The molecule has 0 spiro atoms. The molecule has 4 nitrogen and oxygen atoms in total. The Morgan fingerprint density at radius 2 is 1.43 bits per heavy atom. The van der Waals surface area contributed by atoms with Crippen molar-refractivity contribution in [2.24, 2.45) is 5.92 Å². The van der Waals surface area contributed by atoms with Gasteiger partial charge in [-0.3, -0.25) is 0 Å². The minimum atomic E-state index is -0.367. The van der Waals surface area contributed by atoms with Gasteiger partial charge in [0.25, 0.3) is 0 Å². The van der Waals surface area contributed by atoms with Crippen LogP contribution < -0.4 is 0 Å². The van der Waals surface area contributed by atoms with E-state index in [0.717, 1.165) is 25.7 Å². The number of ether oxygens (including phenoxy) is 2. The van der Waals surface area contributed by atoms with Crippen molar-refractivity contribution in [2.45, 2.75) is 84.0 Å². The highest BCUT2D eigenvalue weighted by molar-refractivity contribution is 5.95. The molecule has 1 aromatic rings. The largest absolute Gasteiger partial charge is 0.462 e. The molecule has 1 aromatic carbocycles. The van der Waals surface area contributed by atoms with Gasteiger partial charge in [-0.05, 0) is 43.4 Å². The van der Waals surface area contributed by atoms with Gasteiger partial charge in [-0.25, -0.2) is 9.59 Å². The van der Waals surface area contributed by atoms with Crippen LogP contribution in [0, 0.1) is 5.92 Å². The Morgan fingerprint density at radius 3 is 2.07 bits per heavy atom. The fraction of sp³-hybridized carbons (Fsp3) is 0.667. The highest BCUT2D eigenvalue weighted by atomic mass is 16.5. The van der Waals surface area contributed by atoms with Gasteiger partial charge in [-0.1, -0.05) is 70.8 Å². The minimum absolute atomic E-state index is 0.357. The molecule has 0 heterocycles. The number of unbranched alkanes of at least 4 members (excludes halogenated alkanes) is 7. The highest BCUT2D eigenvalue weighted by Crippen LogP contribution is 2.25. The standard InChI is InChI=1S/C24H36O4/c1-2-3-4-5-6-7-8-11-17-27-23(25)21-15-12-16-22(18-21)24(26)28-19-20-13-9-10-14-20/h12,15-16,18,20H,2-11,13-14,17,19H2,1H3. The van der Waals surface area contributed by atoms with E-state index in [9.17, 15) is 9.59 Å². The average Bonchev–Trinajstić information content (AvgIpc) is 3.24. The van der Waals surface area contributed by atoms with Gasteiger partial charge < -0.3 is 9.47 Å². The first-order chi connectivity index (χ1) is 13.7. The number of carbonyl (C=O) groups excluding carboxylic acids is 2. The normalized spacial score (nSPS) is 14.2.